The first kappa shape index (κ1) is 17.1. The van der Waals surface area contributed by atoms with Crippen LogP contribution in [0.5, 0.6) is 5.75 Å². The molecule has 3 rings (SSSR count). The quantitative estimate of drug-likeness (QED) is 0.440. The fraction of sp³-hybridized carbons (Fsp3) is 0.105. The molecule has 0 aromatic heterocycles. The molecule has 126 valence electrons. The highest BCUT2D eigenvalue weighted by atomic mass is 79.9. The Bertz CT molecular complexity index is 885. The van der Waals surface area contributed by atoms with Crippen LogP contribution in [-0.4, -0.2) is 17.8 Å². The van der Waals surface area contributed by atoms with E-state index in [0.717, 1.165) is 10.0 Å². The molecule has 0 bridgehead atoms. The lowest BCUT2D eigenvalue weighted by Gasteiger charge is -2.02. The van der Waals surface area contributed by atoms with Crippen LogP contribution < -0.4 is 4.74 Å². The van der Waals surface area contributed by atoms with E-state index in [-0.39, 0.29) is 17.6 Å². The van der Waals surface area contributed by atoms with Crippen molar-refractivity contribution < 1.29 is 19.1 Å². The van der Waals surface area contributed by atoms with E-state index in [0.29, 0.717) is 17.7 Å². The fourth-order valence-corrected chi connectivity index (χ4v) is 2.55. The second-order valence-electron chi connectivity index (χ2n) is 5.24. The molecule has 0 N–H and O–H groups in total. The number of halogens is 1. The zero-order valence-electron chi connectivity index (χ0n) is 13.4. The first-order chi connectivity index (χ1) is 12.0. The molecule has 1 aliphatic heterocycles. The SMILES string of the molecule is CCC(=O)Oc1ccc(/C=C2\N=C(c3cccc(Br)c3)OC2=O)cc1. The molecule has 6 heteroatoms. The van der Waals surface area contributed by atoms with E-state index >= 15 is 0 Å². The van der Waals surface area contributed by atoms with E-state index in [4.69, 9.17) is 9.47 Å². The normalized spacial score (nSPS) is 15.0. The number of benzene rings is 2. The van der Waals surface area contributed by atoms with Crippen LogP contribution >= 0.6 is 15.9 Å². The molecule has 0 saturated heterocycles. The maximum atomic E-state index is 12.0. The predicted octanol–water partition coefficient (Wildman–Crippen LogP) is 4.11. The summed E-state index contributed by atoms with van der Waals surface area (Å²) in [6, 6.07) is 14.2. The fourth-order valence-electron chi connectivity index (χ4n) is 2.15. The van der Waals surface area contributed by atoms with E-state index in [1.807, 2.05) is 24.3 Å². The van der Waals surface area contributed by atoms with Gasteiger partial charge in [-0.25, -0.2) is 9.79 Å². The number of ether oxygens (including phenoxy) is 2. The summed E-state index contributed by atoms with van der Waals surface area (Å²) < 4.78 is 11.2. The number of hydrogen-bond acceptors (Lipinski definition) is 5. The summed E-state index contributed by atoms with van der Waals surface area (Å²) in [7, 11) is 0. The van der Waals surface area contributed by atoms with Crippen LogP contribution in [0.2, 0.25) is 0 Å². The van der Waals surface area contributed by atoms with Crippen LogP contribution in [0.25, 0.3) is 6.08 Å². The minimum absolute atomic E-state index is 0.216. The highest BCUT2D eigenvalue weighted by Crippen LogP contribution is 2.22. The van der Waals surface area contributed by atoms with Gasteiger partial charge in [-0.15, -0.1) is 0 Å². The molecule has 1 aliphatic rings. The Morgan fingerprint density at radius 3 is 2.68 bits per heavy atom. The van der Waals surface area contributed by atoms with Crippen LogP contribution in [-0.2, 0) is 14.3 Å². The van der Waals surface area contributed by atoms with E-state index in [1.54, 1.807) is 37.3 Å². The van der Waals surface area contributed by atoms with Crippen LogP contribution in [0.1, 0.15) is 24.5 Å². The van der Waals surface area contributed by atoms with Gasteiger partial charge in [0, 0.05) is 16.5 Å². The summed E-state index contributed by atoms with van der Waals surface area (Å²) >= 11 is 3.38. The molecule has 2 aromatic rings. The minimum atomic E-state index is -0.503. The number of cyclic esters (lactones) is 1. The van der Waals surface area contributed by atoms with Gasteiger partial charge in [0.15, 0.2) is 5.70 Å². The van der Waals surface area contributed by atoms with Gasteiger partial charge in [-0.2, -0.15) is 0 Å². The Morgan fingerprint density at radius 2 is 2.00 bits per heavy atom. The number of aliphatic imine (C=N–C) groups is 1. The number of nitrogens with zero attached hydrogens (tertiary/aromatic N) is 1. The monoisotopic (exact) mass is 399 g/mol. The second kappa shape index (κ2) is 7.44. The van der Waals surface area contributed by atoms with Gasteiger partial charge >= 0.3 is 11.9 Å². The van der Waals surface area contributed by atoms with Gasteiger partial charge in [0.2, 0.25) is 5.90 Å². The minimum Gasteiger partial charge on any atom is -0.427 e. The van der Waals surface area contributed by atoms with Crippen molar-refractivity contribution in [1.29, 1.82) is 0 Å². The maximum absolute atomic E-state index is 12.0. The molecular weight excluding hydrogens is 386 g/mol. The molecule has 0 unspecified atom stereocenters. The molecule has 25 heavy (non-hydrogen) atoms. The van der Waals surface area contributed by atoms with Gasteiger partial charge in [0.25, 0.3) is 0 Å². The molecule has 0 spiro atoms. The number of rotatable bonds is 4. The first-order valence-electron chi connectivity index (χ1n) is 7.64. The molecule has 0 fully saturated rings. The zero-order valence-corrected chi connectivity index (χ0v) is 14.9. The van der Waals surface area contributed by atoms with Crippen LogP contribution in [0.4, 0.5) is 0 Å². The number of esters is 2. The Labute approximate surface area is 153 Å². The summed E-state index contributed by atoms with van der Waals surface area (Å²) in [5.41, 5.74) is 1.68. The Morgan fingerprint density at radius 1 is 1.24 bits per heavy atom. The maximum Gasteiger partial charge on any atom is 0.363 e. The molecule has 0 amide bonds. The third-order valence-electron chi connectivity index (χ3n) is 3.40. The van der Waals surface area contributed by atoms with E-state index in [9.17, 15) is 9.59 Å². The Kier molecular flexibility index (Phi) is 5.09. The molecule has 0 radical (unpaired) electrons. The molecule has 0 atom stereocenters. The molecule has 5 nitrogen and oxygen atoms in total. The van der Waals surface area contributed by atoms with Crippen molar-refractivity contribution in [3.8, 4) is 5.75 Å². The van der Waals surface area contributed by atoms with Crippen molar-refractivity contribution in [2.45, 2.75) is 13.3 Å². The van der Waals surface area contributed by atoms with Crippen molar-refractivity contribution in [2.24, 2.45) is 4.99 Å². The van der Waals surface area contributed by atoms with Crippen LogP contribution in [0, 0.1) is 0 Å². The van der Waals surface area contributed by atoms with Crippen molar-refractivity contribution in [1.82, 2.24) is 0 Å². The van der Waals surface area contributed by atoms with Gasteiger partial charge in [0.05, 0.1) is 0 Å². The van der Waals surface area contributed by atoms with Crippen molar-refractivity contribution >= 4 is 39.8 Å². The summed E-state index contributed by atoms with van der Waals surface area (Å²) in [5, 5.41) is 0. The predicted molar refractivity (Wildman–Crippen MR) is 97.1 cm³/mol. The lowest BCUT2D eigenvalue weighted by atomic mass is 10.2. The largest absolute Gasteiger partial charge is 0.427 e. The summed E-state index contributed by atoms with van der Waals surface area (Å²) in [6.45, 7) is 1.73. The molecule has 0 saturated carbocycles. The molecule has 2 aromatic carbocycles. The number of hydrogen-bond donors (Lipinski definition) is 0. The highest BCUT2D eigenvalue weighted by molar-refractivity contribution is 9.10. The Balaban J connectivity index is 1.81. The third kappa shape index (κ3) is 4.22. The van der Waals surface area contributed by atoms with E-state index in [1.165, 1.54) is 0 Å². The van der Waals surface area contributed by atoms with Gasteiger partial charge in [-0.05, 0) is 42.0 Å². The van der Waals surface area contributed by atoms with Crippen molar-refractivity contribution in [3.63, 3.8) is 0 Å². The highest BCUT2D eigenvalue weighted by Gasteiger charge is 2.24. The van der Waals surface area contributed by atoms with Crippen molar-refractivity contribution in [2.75, 3.05) is 0 Å². The van der Waals surface area contributed by atoms with Gasteiger partial charge in [-0.1, -0.05) is 41.1 Å². The lowest BCUT2D eigenvalue weighted by molar-refractivity contribution is -0.134. The molecule has 1 heterocycles. The zero-order chi connectivity index (χ0) is 17.8. The summed E-state index contributed by atoms with van der Waals surface area (Å²) in [6.07, 6.45) is 1.93. The van der Waals surface area contributed by atoms with Gasteiger partial charge < -0.3 is 9.47 Å². The van der Waals surface area contributed by atoms with Gasteiger partial charge in [0.1, 0.15) is 5.75 Å². The van der Waals surface area contributed by atoms with Crippen molar-refractivity contribution in [3.05, 3.63) is 69.8 Å². The Hall–Kier alpha value is -2.73. The first-order valence-corrected chi connectivity index (χ1v) is 8.43. The van der Waals surface area contributed by atoms with Gasteiger partial charge in [-0.3, -0.25) is 4.79 Å². The number of carbonyl (C=O) groups is 2. The average molecular weight is 400 g/mol. The second-order valence-corrected chi connectivity index (χ2v) is 6.16. The summed E-state index contributed by atoms with van der Waals surface area (Å²) in [5.74, 6) is -0.0717. The standard InChI is InChI=1S/C19H14BrNO4/c1-2-17(22)24-15-8-6-12(7-9-15)10-16-19(23)25-18(21-16)13-4-3-5-14(20)11-13/h3-11H,2H2,1H3/b16-10-. The topological polar surface area (TPSA) is 65.0 Å². The van der Waals surface area contributed by atoms with Crippen LogP contribution in [0.15, 0.2) is 63.7 Å². The molecule has 0 aliphatic carbocycles. The smallest absolute Gasteiger partial charge is 0.363 e. The average Bonchev–Trinajstić information content (AvgIpc) is 2.97. The van der Waals surface area contributed by atoms with E-state index in [2.05, 4.69) is 20.9 Å². The summed E-state index contributed by atoms with van der Waals surface area (Å²) in [4.78, 5) is 27.5. The lowest BCUT2D eigenvalue weighted by Crippen LogP contribution is -2.05. The molecular formula is C19H14BrNO4. The third-order valence-corrected chi connectivity index (χ3v) is 3.89. The van der Waals surface area contributed by atoms with E-state index < -0.39 is 5.97 Å². The number of carbonyl (C=O) groups excluding carboxylic acids is 2. The van der Waals surface area contributed by atoms with Crippen LogP contribution in [0.3, 0.4) is 0 Å².